The molecule has 0 amide bonds. The van der Waals surface area contributed by atoms with Crippen LogP contribution in [0, 0.1) is 20.8 Å². The van der Waals surface area contributed by atoms with E-state index in [1.807, 2.05) is 20.8 Å². The smallest absolute Gasteiger partial charge is 0.261 e. The van der Waals surface area contributed by atoms with Crippen molar-refractivity contribution in [3.63, 3.8) is 0 Å². The average Bonchev–Trinajstić information content (AvgIpc) is 2.37. The molecule has 0 fully saturated rings. The number of anilines is 2. The summed E-state index contributed by atoms with van der Waals surface area (Å²) in [6.45, 7) is 5.67. The lowest BCUT2D eigenvalue weighted by molar-refractivity contribution is 0.601. The second-order valence-electron chi connectivity index (χ2n) is 4.92. The third-order valence-corrected chi connectivity index (χ3v) is 4.69. The van der Waals surface area contributed by atoms with E-state index in [-0.39, 0.29) is 4.90 Å². The predicted octanol–water partition coefficient (Wildman–Crippen LogP) is 2.99. The first kappa shape index (κ1) is 14.4. The Balaban J connectivity index is 2.35. The number of nitrogens with two attached hydrogens (primary N) is 1. The minimum absolute atomic E-state index is 0.259. The molecular weight excluding hydrogens is 272 g/mol. The lowest BCUT2D eigenvalue weighted by Crippen LogP contribution is -2.13. The Hall–Kier alpha value is -2.01. The molecule has 0 aliphatic rings. The highest BCUT2D eigenvalue weighted by atomic mass is 32.2. The molecule has 2 aromatic carbocycles. The van der Waals surface area contributed by atoms with Crippen LogP contribution in [0.15, 0.2) is 41.3 Å². The molecule has 20 heavy (non-hydrogen) atoms. The van der Waals surface area contributed by atoms with Crippen molar-refractivity contribution in [1.82, 2.24) is 0 Å². The van der Waals surface area contributed by atoms with Gasteiger partial charge in [0, 0.05) is 11.4 Å². The summed E-state index contributed by atoms with van der Waals surface area (Å²) in [6, 6.07) is 10.1. The van der Waals surface area contributed by atoms with E-state index in [0.29, 0.717) is 11.4 Å². The summed E-state index contributed by atoms with van der Waals surface area (Å²) in [7, 11) is -3.57. The van der Waals surface area contributed by atoms with Crippen molar-refractivity contribution in [3.05, 3.63) is 53.1 Å². The van der Waals surface area contributed by atoms with Gasteiger partial charge in [0.05, 0.1) is 4.90 Å². The van der Waals surface area contributed by atoms with Gasteiger partial charge in [-0.1, -0.05) is 6.07 Å². The zero-order chi connectivity index (χ0) is 14.9. The van der Waals surface area contributed by atoms with E-state index in [2.05, 4.69) is 4.72 Å². The molecule has 0 unspecified atom stereocenters. The average molecular weight is 290 g/mol. The highest BCUT2D eigenvalue weighted by Gasteiger charge is 2.15. The first-order valence-electron chi connectivity index (χ1n) is 6.26. The number of benzene rings is 2. The molecule has 0 aromatic heterocycles. The van der Waals surface area contributed by atoms with Gasteiger partial charge in [-0.2, -0.15) is 0 Å². The van der Waals surface area contributed by atoms with Gasteiger partial charge in [-0.05, 0) is 67.8 Å². The minimum atomic E-state index is -3.57. The van der Waals surface area contributed by atoms with Crippen LogP contribution in [-0.4, -0.2) is 8.42 Å². The second kappa shape index (κ2) is 5.17. The van der Waals surface area contributed by atoms with Crippen LogP contribution in [0.25, 0.3) is 0 Å². The summed E-state index contributed by atoms with van der Waals surface area (Å²) in [5.41, 5.74) is 9.72. The number of rotatable bonds is 3. The summed E-state index contributed by atoms with van der Waals surface area (Å²) in [5.74, 6) is 0. The number of nitrogen functional groups attached to an aromatic ring is 1. The zero-order valence-corrected chi connectivity index (χ0v) is 12.6. The van der Waals surface area contributed by atoms with Crippen molar-refractivity contribution in [2.75, 3.05) is 10.5 Å². The van der Waals surface area contributed by atoms with Gasteiger partial charge in [-0.25, -0.2) is 8.42 Å². The number of sulfonamides is 1. The number of nitrogens with one attached hydrogen (secondary N) is 1. The van der Waals surface area contributed by atoms with Crippen LogP contribution in [0.2, 0.25) is 0 Å². The molecular formula is C15H18N2O2S. The maximum atomic E-state index is 12.3. The van der Waals surface area contributed by atoms with E-state index >= 15 is 0 Å². The highest BCUT2D eigenvalue weighted by molar-refractivity contribution is 7.92. The molecule has 2 aromatic rings. The standard InChI is InChI=1S/C15H18N2O2S/c1-10-4-6-14(9-11(10)2)20(18,19)17-13-5-7-15(16)12(3)8-13/h4-9,17H,16H2,1-3H3. The quantitative estimate of drug-likeness (QED) is 0.854. The fraction of sp³-hybridized carbons (Fsp3) is 0.200. The van der Waals surface area contributed by atoms with Gasteiger partial charge in [-0.3, -0.25) is 4.72 Å². The van der Waals surface area contributed by atoms with Crippen LogP contribution >= 0.6 is 0 Å². The lowest BCUT2D eigenvalue weighted by atomic mass is 10.1. The molecule has 0 aliphatic carbocycles. The minimum Gasteiger partial charge on any atom is -0.399 e. The maximum Gasteiger partial charge on any atom is 0.261 e. The molecule has 0 atom stereocenters. The van der Waals surface area contributed by atoms with E-state index in [9.17, 15) is 8.42 Å². The van der Waals surface area contributed by atoms with Gasteiger partial charge < -0.3 is 5.73 Å². The molecule has 0 spiro atoms. The number of aryl methyl sites for hydroxylation is 3. The molecule has 0 bridgehead atoms. The molecule has 0 heterocycles. The van der Waals surface area contributed by atoms with Gasteiger partial charge in [0.1, 0.15) is 0 Å². The fourth-order valence-corrected chi connectivity index (χ4v) is 2.97. The molecule has 0 saturated heterocycles. The van der Waals surface area contributed by atoms with Crippen LogP contribution in [0.5, 0.6) is 0 Å². The third-order valence-electron chi connectivity index (χ3n) is 3.31. The monoisotopic (exact) mass is 290 g/mol. The Morgan fingerprint density at radius 3 is 2.20 bits per heavy atom. The van der Waals surface area contributed by atoms with Crippen molar-refractivity contribution in [2.45, 2.75) is 25.7 Å². The van der Waals surface area contributed by atoms with Crippen molar-refractivity contribution >= 4 is 21.4 Å². The van der Waals surface area contributed by atoms with E-state index in [4.69, 9.17) is 5.73 Å². The van der Waals surface area contributed by atoms with Crippen LogP contribution < -0.4 is 10.5 Å². The summed E-state index contributed by atoms with van der Waals surface area (Å²) in [6.07, 6.45) is 0. The van der Waals surface area contributed by atoms with Gasteiger partial charge in [0.2, 0.25) is 0 Å². The van der Waals surface area contributed by atoms with Crippen molar-refractivity contribution in [3.8, 4) is 0 Å². The lowest BCUT2D eigenvalue weighted by Gasteiger charge is -2.11. The second-order valence-corrected chi connectivity index (χ2v) is 6.61. The zero-order valence-electron chi connectivity index (χ0n) is 11.8. The van der Waals surface area contributed by atoms with Gasteiger partial charge in [-0.15, -0.1) is 0 Å². The van der Waals surface area contributed by atoms with E-state index in [0.717, 1.165) is 16.7 Å². The Kier molecular flexibility index (Phi) is 3.72. The van der Waals surface area contributed by atoms with Crippen LogP contribution in [-0.2, 0) is 10.0 Å². The van der Waals surface area contributed by atoms with Gasteiger partial charge in [0.15, 0.2) is 0 Å². The Morgan fingerprint density at radius 1 is 0.900 bits per heavy atom. The van der Waals surface area contributed by atoms with Crippen molar-refractivity contribution < 1.29 is 8.42 Å². The Labute approximate surface area is 119 Å². The molecule has 0 saturated carbocycles. The first-order valence-corrected chi connectivity index (χ1v) is 7.74. The molecule has 4 nitrogen and oxygen atoms in total. The molecule has 3 N–H and O–H groups in total. The highest BCUT2D eigenvalue weighted by Crippen LogP contribution is 2.21. The van der Waals surface area contributed by atoms with E-state index < -0.39 is 10.0 Å². The predicted molar refractivity (Wildman–Crippen MR) is 82.3 cm³/mol. The third kappa shape index (κ3) is 2.93. The number of hydrogen-bond donors (Lipinski definition) is 2. The Bertz CT molecular complexity index is 752. The van der Waals surface area contributed by atoms with Gasteiger partial charge in [0.25, 0.3) is 10.0 Å². The maximum absolute atomic E-state index is 12.3. The van der Waals surface area contributed by atoms with Crippen molar-refractivity contribution in [2.24, 2.45) is 0 Å². The summed E-state index contributed by atoms with van der Waals surface area (Å²) in [5, 5.41) is 0. The number of hydrogen-bond acceptors (Lipinski definition) is 3. The van der Waals surface area contributed by atoms with Crippen LogP contribution in [0.3, 0.4) is 0 Å². The topological polar surface area (TPSA) is 72.2 Å². The SMILES string of the molecule is Cc1ccc(S(=O)(=O)Nc2ccc(N)c(C)c2)cc1C. The molecule has 5 heteroatoms. The molecule has 106 valence electrons. The summed E-state index contributed by atoms with van der Waals surface area (Å²) in [4.78, 5) is 0.259. The van der Waals surface area contributed by atoms with E-state index in [1.54, 1.807) is 36.4 Å². The van der Waals surface area contributed by atoms with E-state index in [1.165, 1.54) is 0 Å². The summed E-state index contributed by atoms with van der Waals surface area (Å²) >= 11 is 0. The fourth-order valence-electron chi connectivity index (χ4n) is 1.83. The Morgan fingerprint density at radius 2 is 1.60 bits per heavy atom. The molecule has 2 rings (SSSR count). The largest absolute Gasteiger partial charge is 0.399 e. The van der Waals surface area contributed by atoms with Crippen LogP contribution in [0.1, 0.15) is 16.7 Å². The molecule has 0 radical (unpaired) electrons. The first-order chi connectivity index (χ1) is 9.29. The van der Waals surface area contributed by atoms with Gasteiger partial charge >= 0.3 is 0 Å². The van der Waals surface area contributed by atoms with Crippen molar-refractivity contribution in [1.29, 1.82) is 0 Å². The normalized spacial score (nSPS) is 11.3. The molecule has 0 aliphatic heterocycles. The van der Waals surface area contributed by atoms with Crippen LogP contribution in [0.4, 0.5) is 11.4 Å². The summed E-state index contributed by atoms with van der Waals surface area (Å²) < 4.78 is 27.2.